The molecule has 2 amide bonds. The molecule has 0 aliphatic carbocycles. The lowest BCUT2D eigenvalue weighted by molar-refractivity contribution is -0.132. The number of carbonyl (C=O) groups is 2. The SMILES string of the molecule is CCN(CC(=O)NC(C)C)C(=O)/C=C/c1ccc(C)s1. The van der Waals surface area contributed by atoms with Crippen LogP contribution in [0, 0.1) is 6.92 Å². The van der Waals surface area contributed by atoms with E-state index in [-0.39, 0.29) is 24.4 Å². The summed E-state index contributed by atoms with van der Waals surface area (Å²) in [5.74, 6) is -0.270. The third kappa shape index (κ3) is 5.57. The van der Waals surface area contributed by atoms with Crippen molar-refractivity contribution in [3.8, 4) is 0 Å². The van der Waals surface area contributed by atoms with Crippen molar-refractivity contribution in [3.63, 3.8) is 0 Å². The molecule has 0 atom stereocenters. The Morgan fingerprint density at radius 2 is 2.10 bits per heavy atom. The number of aryl methyl sites for hydroxylation is 1. The third-order valence-electron chi connectivity index (χ3n) is 2.63. The van der Waals surface area contributed by atoms with Crippen molar-refractivity contribution in [1.82, 2.24) is 10.2 Å². The van der Waals surface area contributed by atoms with E-state index in [1.165, 1.54) is 15.9 Å². The molecule has 4 nitrogen and oxygen atoms in total. The molecule has 0 bridgehead atoms. The Balaban J connectivity index is 2.58. The van der Waals surface area contributed by atoms with E-state index in [2.05, 4.69) is 5.32 Å². The largest absolute Gasteiger partial charge is 0.352 e. The van der Waals surface area contributed by atoms with Gasteiger partial charge in [-0.3, -0.25) is 9.59 Å². The van der Waals surface area contributed by atoms with Gasteiger partial charge in [0, 0.05) is 28.4 Å². The fourth-order valence-electron chi connectivity index (χ4n) is 1.69. The topological polar surface area (TPSA) is 49.4 Å². The fourth-order valence-corrected chi connectivity index (χ4v) is 2.47. The van der Waals surface area contributed by atoms with Crippen LogP contribution in [0.2, 0.25) is 0 Å². The Morgan fingerprint density at radius 3 is 2.60 bits per heavy atom. The summed E-state index contributed by atoms with van der Waals surface area (Å²) < 4.78 is 0. The minimum absolute atomic E-state index is 0.0842. The number of nitrogens with zero attached hydrogens (tertiary/aromatic N) is 1. The van der Waals surface area contributed by atoms with Crippen molar-refractivity contribution in [2.75, 3.05) is 13.1 Å². The van der Waals surface area contributed by atoms with Crippen LogP contribution in [0.3, 0.4) is 0 Å². The molecule has 110 valence electrons. The maximum absolute atomic E-state index is 12.0. The van der Waals surface area contributed by atoms with Gasteiger partial charge >= 0.3 is 0 Å². The van der Waals surface area contributed by atoms with Gasteiger partial charge in [0.2, 0.25) is 11.8 Å². The van der Waals surface area contributed by atoms with Gasteiger partial charge in [0.25, 0.3) is 0 Å². The van der Waals surface area contributed by atoms with Crippen molar-refractivity contribution < 1.29 is 9.59 Å². The molecule has 5 heteroatoms. The summed E-state index contributed by atoms with van der Waals surface area (Å²) in [5, 5.41) is 2.78. The Morgan fingerprint density at radius 1 is 1.40 bits per heavy atom. The second-order valence-corrected chi connectivity index (χ2v) is 6.18. The number of hydrogen-bond acceptors (Lipinski definition) is 3. The lowest BCUT2D eigenvalue weighted by Gasteiger charge is -2.19. The van der Waals surface area contributed by atoms with Gasteiger partial charge in [-0.2, -0.15) is 0 Å². The zero-order chi connectivity index (χ0) is 15.1. The Bertz CT molecular complexity index is 492. The average Bonchev–Trinajstić information content (AvgIpc) is 2.78. The van der Waals surface area contributed by atoms with Crippen LogP contribution in [0.5, 0.6) is 0 Å². The summed E-state index contributed by atoms with van der Waals surface area (Å²) in [6.07, 6.45) is 3.32. The summed E-state index contributed by atoms with van der Waals surface area (Å²) in [7, 11) is 0. The predicted octanol–water partition coefficient (Wildman–Crippen LogP) is 2.44. The maximum Gasteiger partial charge on any atom is 0.247 e. The van der Waals surface area contributed by atoms with E-state index < -0.39 is 0 Å². The number of amides is 2. The number of likely N-dealkylation sites (N-methyl/N-ethyl adjacent to an activating group) is 1. The molecule has 1 aromatic rings. The molecule has 0 aliphatic rings. The van der Waals surface area contributed by atoms with Crippen molar-refractivity contribution in [2.24, 2.45) is 0 Å². The van der Waals surface area contributed by atoms with Crippen molar-refractivity contribution >= 4 is 29.2 Å². The monoisotopic (exact) mass is 294 g/mol. The summed E-state index contributed by atoms with van der Waals surface area (Å²) in [4.78, 5) is 27.5. The van der Waals surface area contributed by atoms with Gasteiger partial charge < -0.3 is 10.2 Å². The highest BCUT2D eigenvalue weighted by Crippen LogP contribution is 2.16. The molecule has 0 saturated heterocycles. The fraction of sp³-hybridized carbons (Fsp3) is 0.467. The van der Waals surface area contributed by atoms with Crippen LogP contribution >= 0.6 is 11.3 Å². The Hall–Kier alpha value is -1.62. The minimum Gasteiger partial charge on any atom is -0.352 e. The van der Waals surface area contributed by atoms with Gasteiger partial charge in [-0.15, -0.1) is 11.3 Å². The second kappa shape index (κ2) is 7.85. The molecule has 0 saturated carbocycles. The zero-order valence-corrected chi connectivity index (χ0v) is 13.3. The van der Waals surface area contributed by atoms with E-state index in [1.54, 1.807) is 17.4 Å². The first-order valence-electron chi connectivity index (χ1n) is 6.75. The lowest BCUT2D eigenvalue weighted by atomic mass is 10.3. The highest BCUT2D eigenvalue weighted by Gasteiger charge is 2.13. The van der Waals surface area contributed by atoms with Crippen LogP contribution in [0.1, 0.15) is 30.5 Å². The maximum atomic E-state index is 12.0. The van der Waals surface area contributed by atoms with Crippen LogP contribution in [0.4, 0.5) is 0 Å². The molecular weight excluding hydrogens is 272 g/mol. The van der Waals surface area contributed by atoms with E-state index in [1.807, 2.05) is 39.8 Å². The zero-order valence-electron chi connectivity index (χ0n) is 12.5. The Kier molecular flexibility index (Phi) is 6.45. The van der Waals surface area contributed by atoms with Crippen molar-refractivity contribution in [3.05, 3.63) is 28.0 Å². The average molecular weight is 294 g/mol. The first-order chi connectivity index (χ1) is 9.42. The van der Waals surface area contributed by atoms with E-state index in [4.69, 9.17) is 0 Å². The highest BCUT2D eigenvalue weighted by molar-refractivity contribution is 7.12. The van der Waals surface area contributed by atoms with Crippen molar-refractivity contribution in [2.45, 2.75) is 33.7 Å². The van der Waals surface area contributed by atoms with Gasteiger partial charge in [-0.1, -0.05) is 0 Å². The smallest absolute Gasteiger partial charge is 0.247 e. The lowest BCUT2D eigenvalue weighted by Crippen LogP contribution is -2.42. The van der Waals surface area contributed by atoms with Crippen LogP contribution in [0.15, 0.2) is 18.2 Å². The molecule has 1 aromatic heterocycles. The molecule has 0 fully saturated rings. The highest BCUT2D eigenvalue weighted by atomic mass is 32.1. The van der Waals surface area contributed by atoms with E-state index >= 15 is 0 Å². The summed E-state index contributed by atoms with van der Waals surface area (Å²) in [6, 6.07) is 4.08. The molecule has 0 radical (unpaired) electrons. The normalized spacial score (nSPS) is 11.1. The number of rotatable bonds is 6. The van der Waals surface area contributed by atoms with Crippen LogP contribution in [-0.2, 0) is 9.59 Å². The molecular formula is C15H22N2O2S. The first kappa shape index (κ1) is 16.4. The molecule has 0 unspecified atom stereocenters. The second-order valence-electron chi connectivity index (χ2n) is 4.86. The number of hydrogen-bond donors (Lipinski definition) is 1. The molecule has 0 aromatic carbocycles. The molecule has 0 spiro atoms. The summed E-state index contributed by atoms with van der Waals surface area (Å²) in [6.45, 7) is 8.30. The van der Waals surface area contributed by atoms with Crippen molar-refractivity contribution in [1.29, 1.82) is 0 Å². The number of thiophene rings is 1. The number of carbonyl (C=O) groups excluding carboxylic acids is 2. The van der Waals surface area contributed by atoms with E-state index in [9.17, 15) is 9.59 Å². The molecule has 1 N–H and O–H groups in total. The van der Waals surface area contributed by atoms with Crippen LogP contribution < -0.4 is 5.32 Å². The van der Waals surface area contributed by atoms with Gasteiger partial charge in [-0.25, -0.2) is 0 Å². The van der Waals surface area contributed by atoms with Gasteiger partial charge in [0.05, 0.1) is 6.54 Å². The van der Waals surface area contributed by atoms with Gasteiger partial charge in [0.15, 0.2) is 0 Å². The van der Waals surface area contributed by atoms with E-state index in [0.717, 1.165) is 4.88 Å². The van der Waals surface area contributed by atoms with Gasteiger partial charge in [0.1, 0.15) is 0 Å². The predicted molar refractivity (Wildman–Crippen MR) is 83.6 cm³/mol. The van der Waals surface area contributed by atoms with E-state index in [0.29, 0.717) is 6.54 Å². The van der Waals surface area contributed by atoms with Crippen LogP contribution in [-0.4, -0.2) is 35.8 Å². The number of nitrogens with one attached hydrogen (secondary N) is 1. The molecule has 20 heavy (non-hydrogen) atoms. The quantitative estimate of drug-likeness (QED) is 0.819. The molecule has 0 aliphatic heterocycles. The Labute approximate surface area is 124 Å². The van der Waals surface area contributed by atoms with Crippen LogP contribution in [0.25, 0.3) is 6.08 Å². The minimum atomic E-state index is -0.141. The summed E-state index contributed by atoms with van der Waals surface area (Å²) in [5.41, 5.74) is 0. The standard InChI is InChI=1S/C15H22N2O2S/c1-5-17(10-14(18)16-11(2)3)15(19)9-8-13-7-6-12(4)20-13/h6-9,11H,5,10H2,1-4H3,(H,16,18)/b9-8+. The first-order valence-corrected chi connectivity index (χ1v) is 7.56. The summed E-state index contributed by atoms with van der Waals surface area (Å²) >= 11 is 1.63. The van der Waals surface area contributed by atoms with Gasteiger partial charge in [-0.05, 0) is 45.9 Å². The molecule has 1 heterocycles. The third-order valence-corrected chi connectivity index (χ3v) is 3.59. The molecule has 1 rings (SSSR count).